The van der Waals surface area contributed by atoms with Crippen molar-refractivity contribution in [3.63, 3.8) is 0 Å². The second kappa shape index (κ2) is 13.0. The number of ether oxygens (including phenoxy) is 3. The topological polar surface area (TPSA) is 73.9 Å². The molecule has 0 atom stereocenters. The molecule has 37 heavy (non-hydrogen) atoms. The Hall–Kier alpha value is -4.55. The molecule has 0 saturated carbocycles. The molecule has 1 N–H and O–H groups in total. The van der Waals surface area contributed by atoms with Crippen molar-refractivity contribution in [3.05, 3.63) is 125 Å². The molecule has 0 unspecified atom stereocenters. The number of amides is 1. The quantitative estimate of drug-likeness (QED) is 0.184. The van der Waals surface area contributed by atoms with Crippen LogP contribution in [0.5, 0.6) is 17.2 Å². The van der Waals surface area contributed by atoms with Crippen molar-refractivity contribution in [2.75, 3.05) is 11.9 Å². The van der Waals surface area contributed by atoms with Gasteiger partial charge in [0.15, 0.2) is 6.61 Å². The predicted octanol–water partition coefficient (Wildman–Crippen LogP) is 6.91. The van der Waals surface area contributed by atoms with Crippen molar-refractivity contribution in [2.24, 2.45) is 0 Å². The van der Waals surface area contributed by atoms with Gasteiger partial charge in [-0.25, -0.2) is 4.79 Å². The molecule has 186 valence electrons. The molecule has 7 heteroatoms. The molecule has 0 aliphatic carbocycles. The fraction of sp³-hybridized carbons (Fsp3) is 0.0667. The van der Waals surface area contributed by atoms with Gasteiger partial charge in [0, 0.05) is 22.3 Å². The third-order valence-corrected chi connectivity index (χ3v) is 5.48. The summed E-state index contributed by atoms with van der Waals surface area (Å²) in [5.74, 6) is 0.966. The van der Waals surface area contributed by atoms with E-state index in [1.54, 1.807) is 42.5 Å². The molecule has 0 spiro atoms. The van der Waals surface area contributed by atoms with Gasteiger partial charge in [0.25, 0.3) is 5.91 Å². The highest BCUT2D eigenvalue weighted by atomic mass is 35.5. The normalized spacial score (nSPS) is 10.6. The van der Waals surface area contributed by atoms with Crippen LogP contribution in [0.3, 0.4) is 0 Å². The molecule has 1 amide bonds. The van der Waals surface area contributed by atoms with Crippen LogP contribution in [0, 0.1) is 0 Å². The number of carbonyl (C=O) groups excluding carboxylic acids is 2. The van der Waals surface area contributed by atoms with Crippen molar-refractivity contribution in [1.82, 2.24) is 0 Å². The van der Waals surface area contributed by atoms with Crippen molar-refractivity contribution in [1.29, 1.82) is 0 Å². The van der Waals surface area contributed by atoms with E-state index in [2.05, 4.69) is 5.32 Å². The van der Waals surface area contributed by atoms with Gasteiger partial charge in [-0.1, -0.05) is 60.1 Å². The lowest BCUT2D eigenvalue weighted by Crippen LogP contribution is -2.20. The minimum Gasteiger partial charge on any atom is -0.489 e. The summed E-state index contributed by atoms with van der Waals surface area (Å²) in [6.07, 6.45) is 2.87. The molecule has 0 radical (unpaired) electrons. The van der Waals surface area contributed by atoms with E-state index in [0.717, 1.165) is 16.9 Å². The van der Waals surface area contributed by atoms with E-state index in [9.17, 15) is 9.59 Å². The monoisotopic (exact) mass is 513 g/mol. The number of nitrogens with one attached hydrogen (secondary N) is 1. The lowest BCUT2D eigenvalue weighted by Gasteiger charge is -2.08. The Morgan fingerprint density at radius 2 is 1.41 bits per heavy atom. The SMILES string of the molecule is O=C(COC(=O)C=Cc1ccc(OCc2ccccc2Cl)cc1)Nc1ccc(Oc2ccccc2)cc1. The number of esters is 1. The number of hydrogen-bond donors (Lipinski definition) is 1. The van der Waals surface area contributed by atoms with Crippen molar-refractivity contribution in [2.45, 2.75) is 6.61 Å². The Kier molecular flexibility index (Phi) is 8.94. The highest BCUT2D eigenvalue weighted by molar-refractivity contribution is 6.31. The van der Waals surface area contributed by atoms with E-state index >= 15 is 0 Å². The van der Waals surface area contributed by atoms with E-state index in [1.807, 2.05) is 66.7 Å². The van der Waals surface area contributed by atoms with E-state index in [4.69, 9.17) is 25.8 Å². The molecular weight excluding hydrogens is 490 g/mol. The van der Waals surface area contributed by atoms with E-state index in [1.165, 1.54) is 6.08 Å². The first-order valence-electron chi connectivity index (χ1n) is 11.5. The van der Waals surface area contributed by atoms with Crippen LogP contribution in [0.2, 0.25) is 5.02 Å². The van der Waals surface area contributed by atoms with E-state index in [0.29, 0.717) is 28.8 Å². The first-order chi connectivity index (χ1) is 18.0. The molecule has 0 aliphatic heterocycles. The smallest absolute Gasteiger partial charge is 0.331 e. The summed E-state index contributed by atoms with van der Waals surface area (Å²) < 4.78 is 16.5. The number of carbonyl (C=O) groups is 2. The van der Waals surface area contributed by atoms with Gasteiger partial charge < -0.3 is 19.5 Å². The maximum Gasteiger partial charge on any atom is 0.331 e. The van der Waals surface area contributed by atoms with Gasteiger partial charge in [0.2, 0.25) is 0 Å². The molecule has 6 nitrogen and oxygen atoms in total. The molecule has 0 aromatic heterocycles. The summed E-state index contributed by atoms with van der Waals surface area (Å²) >= 11 is 6.14. The average molecular weight is 514 g/mol. The summed E-state index contributed by atoms with van der Waals surface area (Å²) in [5, 5.41) is 3.33. The maximum absolute atomic E-state index is 12.1. The van der Waals surface area contributed by atoms with Gasteiger partial charge in [0.1, 0.15) is 23.9 Å². The summed E-state index contributed by atoms with van der Waals surface area (Å²) in [6.45, 7) is -0.0465. The summed E-state index contributed by atoms with van der Waals surface area (Å²) in [4.78, 5) is 24.1. The molecule has 0 saturated heterocycles. The number of para-hydroxylation sites is 1. The van der Waals surface area contributed by atoms with Crippen LogP contribution in [0.4, 0.5) is 5.69 Å². The number of anilines is 1. The second-order valence-electron chi connectivity index (χ2n) is 7.88. The molecular formula is C30H24ClNO5. The number of halogens is 1. The number of benzene rings is 4. The third-order valence-electron chi connectivity index (χ3n) is 5.11. The maximum atomic E-state index is 12.1. The van der Waals surface area contributed by atoms with Gasteiger partial charge >= 0.3 is 5.97 Å². The molecule has 4 rings (SSSR count). The number of hydrogen-bond acceptors (Lipinski definition) is 5. The minimum atomic E-state index is -0.624. The minimum absolute atomic E-state index is 0.356. The van der Waals surface area contributed by atoms with Crippen LogP contribution in [0.25, 0.3) is 6.08 Å². The van der Waals surface area contributed by atoms with Crippen LogP contribution >= 0.6 is 11.6 Å². The lowest BCUT2D eigenvalue weighted by molar-refractivity contribution is -0.142. The van der Waals surface area contributed by atoms with Crippen molar-refractivity contribution in [3.8, 4) is 17.2 Å². The summed E-state index contributed by atoms with van der Waals surface area (Å²) in [7, 11) is 0. The van der Waals surface area contributed by atoms with Crippen LogP contribution in [0.15, 0.2) is 109 Å². The van der Waals surface area contributed by atoms with Crippen molar-refractivity contribution >= 4 is 35.2 Å². The molecule has 4 aromatic rings. The Morgan fingerprint density at radius 3 is 2.14 bits per heavy atom. The largest absolute Gasteiger partial charge is 0.489 e. The van der Waals surface area contributed by atoms with Gasteiger partial charge in [-0.15, -0.1) is 0 Å². The van der Waals surface area contributed by atoms with Gasteiger partial charge in [-0.05, 0) is 66.2 Å². The Labute approximate surface area is 220 Å². The second-order valence-corrected chi connectivity index (χ2v) is 8.29. The Bertz CT molecular complexity index is 1350. The molecule has 0 heterocycles. The molecule has 0 bridgehead atoms. The van der Waals surface area contributed by atoms with Crippen LogP contribution in [-0.2, 0) is 20.9 Å². The highest BCUT2D eigenvalue weighted by Crippen LogP contribution is 2.23. The summed E-state index contributed by atoms with van der Waals surface area (Å²) in [6, 6.07) is 31.0. The Morgan fingerprint density at radius 1 is 0.757 bits per heavy atom. The predicted molar refractivity (Wildman–Crippen MR) is 144 cm³/mol. The summed E-state index contributed by atoms with van der Waals surface area (Å²) in [5.41, 5.74) is 2.24. The van der Waals surface area contributed by atoms with Crippen LogP contribution in [-0.4, -0.2) is 18.5 Å². The average Bonchev–Trinajstić information content (AvgIpc) is 2.92. The van der Waals surface area contributed by atoms with Gasteiger partial charge in [-0.3, -0.25) is 4.79 Å². The van der Waals surface area contributed by atoms with Crippen LogP contribution in [0.1, 0.15) is 11.1 Å². The third kappa shape index (κ3) is 8.26. The van der Waals surface area contributed by atoms with E-state index in [-0.39, 0.29) is 0 Å². The van der Waals surface area contributed by atoms with Gasteiger partial charge in [-0.2, -0.15) is 0 Å². The fourth-order valence-electron chi connectivity index (χ4n) is 3.23. The van der Waals surface area contributed by atoms with E-state index < -0.39 is 18.5 Å². The lowest BCUT2D eigenvalue weighted by atomic mass is 10.2. The molecule has 0 fully saturated rings. The zero-order valence-corrected chi connectivity index (χ0v) is 20.6. The first kappa shape index (κ1) is 25.5. The van der Waals surface area contributed by atoms with Crippen molar-refractivity contribution < 1.29 is 23.8 Å². The molecule has 0 aliphatic rings. The fourth-order valence-corrected chi connectivity index (χ4v) is 3.42. The molecule has 4 aromatic carbocycles. The van der Waals surface area contributed by atoms with Crippen LogP contribution < -0.4 is 14.8 Å². The number of rotatable bonds is 10. The zero-order valence-electron chi connectivity index (χ0n) is 19.8. The van der Waals surface area contributed by atoms with Gasteiger partial charge in [0.05, 0.1) is 0 Å². The standard InChI is InChI=1S/C30H24ClNO5/c31-28-9-5-4-6-23(28)20-35-25-15-10-22(11-16-25)12-19-30(34)36-21-29(33)32-24-13-17-27(18-14-24)37-26-7-2-1-3-8-26/h1-19H,20-21H2,(H,32,33). The first-order valence-corrected chi connectivity index (χ1v) is 11.9. The Balaban J connectivity index is 1.18. The highest BCUT2D eigenvalue weighted by Gasteiger charge is 2.07. The zero-order chi connectivity index (χ0) is 25.9.